The summed E-state index contributed by atoms with van der Waals surface area (Å²) in [6, 6.07) is 4.35. The third kappa shape index (κ3) is 3.16. The van der Waals surface area contributed by atoms with Crippen molar-refractivity contribution in [2.24, 2.45) is 0 Å². The lowest BCUT2D eigenvalue weighted by atomic mass is 10.0. The zero-order valence-electron chi connectivity index (χ0n) is 9.67. The van der Waals surface area contributed by atoms with Gasteiger partial charge >= 0.3 is 6.18 Å². The Bertz CT molecular complexity index is 385. The van der Waals surface area contributed by atoms with E-state index in [0.717, 1.165) is 0 Å². The number of nitrogens with one attached hydrogen (secondary N) is 1. The maximum atomic E-state index is 13.2. The minimum atomic E-state index is -4.27. The van der Waals surface area contributed by atoms with E-state index in [0.29, 0.717) is 31.2 Å². The van der Waals surface area contributed by atoms with Gasteiger partial charge in [-0.1, -0.05) is 23.7 Å². The van der Waals surface area contributed by atoms with Crippen LogP contribution in [-0.2, 0) is 0 Å². The van der Waals surface area contributed by atoms with Crippen molar-refractivity contribution >= 4 is 11.6 Å². The Morgan fingerprint density at radius 1 is 1.11 bits per heavy atom. The molecule has 1 aliphatic rings. The Morgan fingerprint density at radius 3 is 2.17 bits per heavy atom. The van der Waals surface area contributed by atoms with E-state index in [1.807, 2.05) is 0 Å². The average Bonchev–Trinajstić information content (AvgIpc) is 2.32. The molecule has 0 amide bonds. The standard InChI is InChI=1S/C12H14ClF3N2/c13-10-3-1-9(2-4-10)11(12(14,15)16)18-7-5-17-6-8-18/h1-4,11,17H,5-8H2/t11-/m1/s1. The Labute approximate surface area is 109 Å². The van der Waals surface area contributed by atoms with E-state index in [2.05, 4.69) is 5.32 Å². The molecule has 1 heterocycles. The van der Waals surface area contributed by atoms with Crippen LogP contribution >= 0.6 is 11.6 Å². The fourth-order valence-corrected chi connectivity index (χ4v) is 2.32. The van der Waals surface area contributed by atoms with Crippen LogP contribution in [0.4, 0.5) is 13.2 Å². The van der Waals surface area contributed by atoms with E-state index in [1.165, 1.54) is 29.2 Å². The molecule has 0 aliphatic carbocycles. The van der Waals surface area contributed by atoms with Crippen molar-refractivity contribution in [2.75, 3.05) is 26.2 Å². The van der Waals surface area contributed by atoms with Crippen LogP contribution in [0.25, 0.3) is 0 Å². The van der Waals surface area contributed by atoms with Crippen LogP contribution in [0.15, 0.2) is 24.3 Å². The maximum absolute atomic E-state index is 13.2. The van der Waals surface area contributed by atoms with Crippen LogP contribution in [0.3, 0.4) is 0 Å². The van der Waals surface area contributed by atoms with Crippen molar-refractivity contribution < 1.29 is 13.2 Å². The molecule has 6 heteroatoms. The summed E-state index contributed by atoms with van der Waals surface area (Å²) >= 11 is 5.71. The third-order valence-electron chi connectivity index (χ3n) is 3.01. The second kappa shape index (κ2) is 5.47. The number of hydrogen-bond acceptors (Lipinski definition) is 2. The summed E-state index contributed by atoms with van der Waals surface area (Å²) in [5.41, 5.74) is 0.244. The number of benzene rings is 1. The molecule has 1 aliphatic heterocycles. The molecule has 1 saturated heterocycles. The Hall–Kier alpha value is -0.780. The molecule has 1 aromatic carbocycles. The highest BCUT2D eigenvalue weighted by atomic mass is 35.5. The van der Waals surface area contributed by atoms with Gasteiger partial charge in [-0.05, 0) is 17.7 Å². The monoisotopic (exact) mass is 278 g/mol. The summed E-state index contributed by atoms with van der Waals surface area (Å²) in [5.74, 6) is 0. The molecule has 0 aromatic heterocycles. The molecule has 0 unspecified atom stereocenters. The fraction of sp³-hybridized carbons (Fsp3) is 0.500. The number of piperazine rings is 1. The molecule has 1 aromatic rings. The van der Waals surface area contributed by atoms with E-state index in [-0.39, 0.29) is 5.56 Å². The predicted molar refractivity (Wildman–Crippen MR) is 64.7 cm³/mol. The van der Waals surface area contributed by atoms with Crippen molar-refractivity contribution in [3.8, 4) is 0 Å². The second-order valence-corrected chi connectivity index (χ2v) is 4.72. The van der Waals surface area contributed by atoms with Gasteiger partial charge in [0.05, 0.1) is 0 Å². The smallest absolute Gasteiger partial charge is 0.314 e. The van der Waals surface area contributed by atoms with Crippen LogP contribution in [0.5, 0.6) is 0 Å². The lowest BCUT2D eigenvalue weighted by molar-refractivity contribution is -0.187. The minimum Gasteiger partial charge on any atom is -0.314 e. The maximum Gasteiger partial charge on any atom is 0.408 e. The third-order valence-corrected chi connectivity index (χ3v) is 3.26. The molecule has 0 radical (unpaired) electrons. The summed E-state index contributed by atoms with van der Waals surface area (Å²) in [5, 5.41) is 3.50. The lowest BCUT2D eigenvalue weighted by Crippen LogP contribution is -2.49. The predicted octanol–water partition coefficient (Wildman–Crippen LogP) is 2.85. The molecule has 1 atom stereocenters. The summed E-state index contributed by atoms with van der Waals surface area (Å²) in [6.45, 7) is 1.96. The van der Waals surface area contributed by atoms with Crippen LogP contribution in [-0.4, -0.2) is 37.3 Å². The molecule has 2 nitrogen and oxygen atoms in total. The average molecular weight is 279 g/mol. The van der Waals surface area contributed by atoms with Gasteiger partial charge < -0.3 is 5.32 Å². The Morgan fingerprint density at radius 2 is 1.67 bits per heavy atom. The van der Waals surface area contributed by atoms with E-state index in [1.54, 1.807) is 0 Å². The highest BCUT2D eigenvalue weighted by molar-refractivity contribution is 6.30. The van der Waals surface area contributed by atoms with Gasteiger partial charge in [0, 0.05) is 31.2 Å². The first-order chi connectivity index (χ1) is 8.48. The van der Waals surface area contributed by atoms with Gasteiger partial charge in [0.1, 0.15) is 6.04 Å². The molecular weight excluding hydrogens is 265 g/mol. The summed E-state index contributed by atoms with van der Waals surface area (Å²) in [6.07, 6.45) is -4.27. The molecule has 0 spiro atoms. The first-order valence-corrected chi connectivity index (χ1v) is 6.13. The van der Waals surface area contributed by atoms with Gasteiger partial charge in [-0.25, -0.2) is 0 Å². The van der Waals surface area contributed by atoms with E-state index in [9.17, 15) is 13.2 Å². The number of nitrogens with zero attached hydrogens (tertiary/aromatic N) is 1. The van der Waals surface area contributed by atoms with Crippen molar-refractivity contribution in [3.05, 3.63) is 34.9 Å². The molecule has 1 N–H and O–H groups in total. The van der Waals surface area contributed by atoms with Crippen molar-refractivity contribution in [1.29, 1.82) is 0 Å². The quantitative estimate of drug-likeness (QED) is 0.895. The molecular formula is C12H14ClF3N2. The van der Waals surface area contributed by atoms with E-state index >= 15 is 0 Å². The highest BCUT2D eigenvalue weighted by Gasteiger charge is 2.44. The molecule has 0 saturated carbocycles. The van der Waals surface area contributed by atoms with Crippen LogP contribution in [0.2, 0.25) is 5.02 Å². The lowest BCUT2D eigenvalue weighted by Gasteiger charge is -2.36. The second-order valence-electron chi connectivity index (χ2n) is 4.28. The Kier molecular flexibility index (Phi) is 4.14. The van der Waals surface area contributed by atoms with Gasteiger partial charge in [-0.2, -0.15) is 13.2 Å². The van der Waals surface area contributed by atoms with Crippen molar-refractivity contribution in [1.82, 2.24) is 10.2 Å². The van der Waals surface area contributed by atoms with Crippen LogP contribution in [0.1, 0.15) is 11.6 Å². The SMILES string of the molecule is FC(F)(F)[C@@H](c1ccc(Cl)cc1)N1CCNCC1. The van der Waals surface area contributed by atoms with Gasteiger partial charge in [-0.3, -0.25) is 4.90 Å². The summed E-state index contributed by atoms with van der Waals surface area (Å²) < 4.78 is 39.6. The molecule has 2 rings (SSSR count). The van der Waals surface area contributed by atoms with Crippen LogP contribution in [0, 0.1) is 0 Å². The fourth-order valence-electron chi connectivity index (χ4n) is 2.19. The summed E-state index contributed by atoms with van der Waals surface area (Å²) in [4.78, 5) is 1.46. The van der Waals surface area contributed by atoms with Gasteiger partial charge in [-0.15, -0.1) is 0 Å². The first kappa shape index (κ1) is 13.6. The van der Waals surface area contributed by atoms with Gasteiger partial charge in [0.15, 0.2) is 0 Å². The van der Waals surface area contributed by atoms with Crippen LogP contribution < -0.4 is 5.32 Å². The number of alkyl halides is 3. The zero-order valence-corrected chi connectivity index (χ0v) is 10.4. The van der Waals surface area contributed by atoms with E-state index in [4.69, 9.17) is 11.6 Å². The zero-order chi connectivity index (χ0) is 13.2. The minimum absolute atomic E-state index is 0.244. The number of rotatable bonds is 2. The molecule has 100 valence electrons. The number of hydrogen-bond donors (Lipinski definition) is 1. The summed E-state index contributed by atoms with van der Waals surface area (Å²) in [7, 11) is 0. The molecule has 18 heavy (non-hydrogen) atoms. The van der Waals surface area contributed by atoms with Crippen molar-refractivity contribution in [2.45, 2.75) is 12.2 Å². The number of halogens is 4. The normalized spacial score (nSPS) is 19.8. The first-order valence-electron chi connectivity index (χ1n) is 5.75. The van der Waals surface area contributed by atoms with E-state index < -0.39 is 12.2 Å². The molecule has 1 fully saturated rings. The largest absolute Gasteiger partial charge is 0.408 e. The molecule has 0 bridgehead atoms. The van der Waals surface area contributed by atoms with Crippen molar-refractivity contribution in [3.63, 3.8) is 0 Å². The van der Waals surface area contributed by atoms with Gasteiger partial charge in [0.2, 0.25) is 0 Å². The Balaban J connectivity index is 2.27. The highest BCUT2D eigenvalue weighted by Crippen LogP contribution is 2.38. The van der Waals surface area contributed by atoms with Gasteiger partial charge in [0.25, 0.3) is 0 Å². The topological polar surface area (TPSA) is 15.3 Å².